The van der Waals surface area contributed by atoms with Crippen LogP contribution in [0.1, 0.15) is 296 Å². The summed E-state index contributed by atoms with van der Waals surface area (Å²) < 4.78 is 34.1. The Hall–Kier alpha value is -1.51. The molecule has 10 heteroatoms. The van der Waals surface area contributed by atoms with Gasteiger partial charge in [0.15, 0.2) is 6.10 Å². The number of allylic oxidation sites excluding steroid dienone is 4. The molecule has 414 valence electrons. The Morgan fingerprint density at radius 2 is 0.786 bits per heavy atom. The Morgan fingerprint density at radius 1 is 0.443 bits per heavy atom. The molecule has 70 heavy (non-hydrogen) atoms. The smallest absolute Gasteiger partial charge is 0.306 e. The van der Waals surface area contributed by atoms with Gasteiger partial charge < -0.3 is 27.9 Å². The van der Waals surface area contributed by atoms with E-state index in [-0.39, 0.29) is 32.0 Å². The van der Waals surface area contributed by atoms with Gasteiger partial charge in [-0.2, -0.15) is 0 Å². The van der Waals surface area contributed by atoms with Crippen molar-refractivity contribution in [2.24, 2.45) is 0 Å². The molecule has 0 fully saturated rings. The highest BCUT2D eigenvalue weighted by Crippen LogP contribution is 2.38. The third-order valence-electron chi connectivity index (χ3n) is 13.5. The van der Waals surface area contributed by atoms with Crippen LogP contribution >= 0.6 is 7.82 Å². The zero-order valence-corrected chi connectivity index (χ0v) is 47.9. The number of hydrogen-bond acceptors (Lipinski definition) is 8. The Kier molecular flexibility index (Phi) is 51.2. The normalized spacial score (nSPS) is 13.4. The Labute approximate surface area is 434 Å². The molecule has 2 unspecified atom stereocenters. The Balaban J connectivity index is 3.95. The highest BCUT2D eigenvalue weighted by molar-refractivity contribution is 7.45. The molecule has 0 heterocycles. The molecule has 2 atom stereocenters. The molecule has 0 aromatic heterocycles. The molecule has 0 rings (SSSR count). The maximum absolute atomic E-state index is 12.7. The predicted molar refractivity (Wildman–Crippen MR) is 296 cm³/mol. The summed E-state index contributed by atoms with van der Waals surface area (Å²) in [4.78, 5) is 37.8. The second-order valence-electron chi connectivity index (χ2n) is 21.7. The van der Waals surface area contributed by atoms with E-state index in [0.29, 0.717) is 17.4 Å². The SMILES string of the molecule is CCCC/C=C\C/C=C\CCCCCCCC(=O)OC(COC(=O)CCCCCCCCCCCCCCCCCCCCCCCCCCCCCCCCCC)COP(=O)([O-])OCC[N+](C)(C)C. The lowest BCUT2D eigenvalue weighted by Crippen LogP contribution is -2.37. The van der Waals surface area contributed by atoms with Crippen molar-refractivity contribution < 1.29 is 42.1 Å². The Bertz CT molecular complexity index is 1240. The van der Waals surface area contributed by atoms with Gasteiger partial charge in [0.05, 0.1) is 27.7 Å². The van der Waals surface area contributed by atoms with Gasteiger partial charge in [-0.15, -0.1) is 0 Å². The van der Waals surface area contributed by atoms with E-state index in [1.165, 1.54) is 199 Å². The van der Waals surface area contributed by atoms with Gasteiger partial charge >= 0.3 is 11.9 Å². The number of phosphoric ester groups is 1. The van der Waals surface area contributed by atoms with E-state index in [1.54, 1.807) is 0 Å². The first-order valence-corrected chi connectivity index (χ1v) is 31.5. The van der Waals surface area contributed by atoms with Crippen LogP contribution in [0.5, 0.6) is 0 Å². The lowest BCUT2D eigenvalue weighted by atomic mass is 10.0. The van der Waals surface area contributed by atoms with Crippen LogP contribution in [0.2, 0.25) is 0 Å². The van der Waals surface area contributed by atoms with E-state index in [0.717, 1.165) is 64.2 Å². The number of likely N-dealkylation sites (N-methyl/N-ethyl adjacent to an activating group) is 1. The van der Waals surface area contributed by atoms with E-state index < -0.39 is 26.5 Å². The highest BCUT2D eigenvalue weighted by Gasteiger charge is 2.22. The molecule has 0 amide bonds. The molecular weight excluding hydrogens is 894 g/mol. The van der Waals surface area contributed by atoms with Gasteiger partial charge in [-0.25, -0.2) is 0 Å². The molecule has 0 spiro atoms. The summed E-state index contributed by atoms with van der Waals surface area (Å²) in [5, 5.41) is 0. The monoisotopic (exact) mass is 1010 g/mol. The maximum atomic E-state index is 12.7. The fourth-order valence-electron chi connectivity index (χ4n) is 8.79. The average Bonchev–Trinajstić information content (AvgIpc) is 3.32. The molecule has 9 nitrogen and oxygen atoms in total. The lowest BCUT2D eigenvalue weighted by Gasteiger charge is -2.28. The second kappa shape index (κ2) is 52.4. The molecule has 0 radical (unpaired) electrons. The van der Waals surface area contributed by atoms with E-state index in [9.17, 15) is 19.0 Å². The van der Waals surface area contributed by atoms with Gasteiger partial charge in [-0.1, -0.05) is 269 Å². The number of rotatable bonds is 56. The summed E-state index contributed by atoms with van der Waals surface area (Å²) in [7, 11) is 1.17. The van der Waals surface area contributed by atoms with Crippen molar-refractivity contribution in [1.82, 2.24) is 0 Å². The van der Waals surface area contributed by atoms with Crippen LogP contribution < -0.4 is 4.89 Å². The fourth-order valence-corrected chi connectivity index (χ4v) is 9.52. The van der Waals surface area contributed by atoms with Crippen molar-refractivity contribution in [2.75, 3.05) is 47.5 Å². The van der Waals surface area contributed by atoms with E-state index >= 15 is 0 Å². The molecule has 0 aromatic carbocycles. The molecule has 0 bridgehead atoms. The van der Waals surface area contributed by atoms with Crippen molar-refractivity contribution in [3.63, 3.8) is 0 Å². The number of esters is 2. The van der Waals surface area contributed by atoms with Crippen molar-refractivity contribution in [3.8, 4) is 0 Å². The average molecular weight is 1010 g/mol. The molecular formula is C60H116NO8P. The number of quaternary nitrogens is 1. The molecule has 0 aliphatic rings. The van der Waals surface area contributed by atoms with Crippen LogP contribution in [-0.4, -0.2) is 70.0 Å². The van der Waals surface area contributed by atoms with Gasteiger partial charge in [-0.05, 0) is 38.5 Å². The minimum atomic E-state index is -4.63. The van der Waals surface area contributed by atoms with Crippen molar-refractivity contribution in [1.29, 1.82) is 0 Å². The van der Waals surface area contributed by atoms with Crippen LogP contribution in [0, 0.1) is 0 Å². The zero-order chi connectivity index (χ0) is 51.3. The Morgan fingerprint density at radius 3 is 1.17 bits per heavy atom. The number of carbonyl (C=O) groups is 2. The quantitative estimate of drug-likeness (QED) is 0.0195. The van der Waals surface area contributed by atoms with Crippen LogP contribution in [0.25, 0.3) is 0 Å². The molecule has 0 N–H and O–H groups in total. The van der Waals surface area contributed by atoms with Gasteiger partial charge in [0, 0.05) is 12.8 Å². The third-order valence-corrected chi connectivity index (χ3v) is 14.4. The van der Waals surface area contributed by atoms with Crippen LogP contribution in [0.3, 0.4) is 0 Å². The highest BCUT2D eigenvalue weighted by atomic mass is 31.2. The molecule has 0 saturated carbocycles. The number of unbranched alkanes of at least 4 members (excludes halogenated alkanes) is 38. The summed E-state index contributed by atoms with van der Waals surface area (Å²) in [6.45, 7) is 4.22. The van der Waals surface area contributed by atoms with Crippen LogP contribution in [0.4, 0.5) is 0 Å². The number of hydrogen-bond donors (Lipinski definition) is 0. The van der Waals surface area contributed by atoms with E-state index in [1.807, 2.05) is 21.1 Å². The molecule has 0 aliphatic carbocycles. The zero-order valence-electron chi connectivity index (χ0n) is 47.0. The molecule has 0 saturated heterocycles. The maximum Gasteiger partial charge on any atom is 0.306 e. The second-order valence-corrected chi connectivity index (χ2v) is 23.1. The van der Waals surface area contributed by atoms with Crippen LogP contribution in [0.15, 0.2) is 24.3 Å². The first-order valence-electron chi connectivity index (χ1n) is 30.0. The van der Waals surface area contributed by atoms with E-state index in [2.05, 4.69) is 38.2 Å². The van der Waals surface area contributed by atoms with Crippen LogP contribution in [-0.2, 0) is 32.7 Å². The summed E-state index contributed by atoms with van der Waals surface area (Å²) in [6, 6.07) is 0. The third kappa shape index (κ3) is 55.8. The minimum Gasteiger partial charge on any atom is -0.756 e. The van der Waals surface area contributed by atoms with Gasteiger partial charge in [0.25, 0.3) is 7.82 Å². The van der Waals surface area contributed by atoms with Crippen molar-refractivity contribution >= 4 is 19.8 Å². The first-order chi connectivity index (χ1) is 34.0. The number of ether oxygens (including phenoxy) is 2. The number of carbonyl (C=O) groups excluding carboxylic acids is 2. The van der Waals surface area contributed by atoms with Crippen molar-refractivity contribution in [2.45, 2.75) is 302 Å². The topological polar surface area (TPSA) is 111 Å². The molecule has 0 aromatic rings. The van der Waals surface area contributed by atoms with Gasteiger partial charge in [0.1, 0.15) is 19.8 Å². The number of phosphoric acid groups is 1. The summed E-state index contributed by atoms with van der Waals surface area (Å²) >= 11 is 0. The largest absolute Gasteiger partial charge is 0.756 e. The summed E-state index contributed by atoms with van der Waals surface area (Å²) in [5.41, 5.74) is 0. The van der Waals surface area contributed by atoms with Gasteiger partial charge in [0.2, 0.25) is 0 Å². The van der Waals surface area contributed by atoms with Gasteiger partial charge in [-0.3, -0.25) is 14.2 Å². The summed E-state index contributed by atoms with van der Waals surface area (Å²) in [5.74, 6) is -0.836. The van der Waals surface area contributed by atoms with Crippen molar-refractivity contribution in [3.05, 3.63) is 24.3 Å². The fraction of sp³-hybridized carbons (Fsp3) is 0.900. The minimum absolute atomic E-state index is 0.0315. The first kappa shape index (κ1) is 68.5. The lowest BCUT2D eigenvalue weighted by molar-refractivity contribution is -0.870. The standard InChI is InChI=1S/C60H116NO8P/c1-6-8-10-12-14-16-18-20-22-23-24-25-26-27-28-29-30-31-32-33-34-35-36-37-38-39-41-42-44-46-48-50-52-59(62)66-56-58(57-68-70(64,65)67-55-54-61(3,4)5)69-60(63)53-51-49-47-45-43-40-21-19-17-15-13-11-9-7-2/h13,15,19,21,58H,6-12,14,16-18,20,22-57H2,1-5H3/b15-13-,21-19-. The number of nitrogens with zero attached hydrogens (tertiary/aromatic N) is 1. The molecule has 0 aliphatic heterocycles. The predicted octanol–water partition coefficient (Wildman–Crippen LogP) is 18.0. The van der Waals surface area contributed by atoms with E-state index in [4.69, 9.17) is 18.5 Å². The summed E-state index contributed by atoms with van der Waals surface area (Å²) in [6.07, 6.45) is 62.6.